The fourth-order valence-corrected chi connectivity index (χ4v) is 3.23. The summed E-state index contributed by atoms with van der Waals surface area (Å²) in [6, 6.07) is 3.48. The standard InChI is InChI=1S/C14H17N3O/c18-14(12-2-1-5-15-8-12)17-16-9-13-7-10-3-4-11(13)6-10/h1-2,5,8-11,13H,3-4,6-7H2,(H,17,18)/b16-9+. The van der Waals surface area contributed by atoms with Gasteiger partial charge in [-0.3, -0.25) is 9.78 Å². The van der Waals surface area contributed by atoms with Gasteiger partial charge in [-0.15, -0.1) is 0 Å². The van der Waals surface area contributed by atoms with E-state index >= 15 is 0 Å². The average molecular weight is 243 g/mol. The van der Waals surface area contributed by atoms with Crippen LogP contribution < -0.4 is 5.43 Å². The third kappa shape index (κ3) is 2.28. The van der Waals surface area contributed by atoms with Crippen molar-refractivity contribution in [2.75, 3.05) is 0 Å². The van der Waals surface area contributed by atoms with Gasteiger partial charge in [-0.25, -0.2) is 5.43 Å². The molecule has 2 aliphatic carbocycles. The molecular formula is C14H17N3O. The summed E-state index contributed by atoms with van der Waals surface area (Å²) in [6.45, 7) is 0. The molecule has 0 radical (unpaired) electrons. The first-order valence-corrected chi connectivity index (χ1v) is 6.56. The number of pyridine rings is 1. The van der Waals surface area contributed by atoms with Gasteiger partial charge < -0.3 is 0 Å². The molecule has 1 N–H and O–H groups in total. The summed E-state index contributed by atoms with van der Waals surface area (Å²) >= 11 is 0. The Morgan fingerprint density at radius 2 is 2.39 bits per heavy atom. The fraction of sp³-hybridized carbons (Fsp3) is 0.500. The second-order valence-corrected chi connectivity index (χ2v) is 5.30. The monoisotopic (exact) mass is 243 g/mol. The highest BCUT2D eigenvalue weighted by molar-refractivity contribution is 5.93. The molecule has 4 heteroatoms. The number of hydrogen-bond donors (Lipinski definition) is 1. The van der Waals surface area contributed by atoms with Crippen LogP contribution in [0.4, 0.5) is 0 Å². The molecule has 3 rings (SSSR count). The maximum atomic E-state index is 11.7. The van der Waals surface area contributed by atoms with E-state index in [1.165, 1.54) is 25.7 Å². The van der Waals surface area contributed by atoms with Gasteiger partial charge in [0.15, 0.2) is 0 Å². The number of nitrogens with one attached hydrogen (secondary N) is 1. The number of carbonyl (C=O) groups excluding carboxylic acids is 1. The van der Waals surface area contributed by atoms with Gasteiger partial charge in [-0.1, -0.05) is 6.42 Å². The van der Waals surface area contributed by atoms with E-state index in [2.05, 4.69) is 15.5 Å². The molecule has 1 amide bonds. The number of hydrogen-bond acceptors (Lipinski definition) is 3. The number of aromatic nitrogens is 1. The van der Waals surface area contributed by atoms with Crippen LogP contribution in [-0.2, 0) is 0 Å². The highest BCUT2D eigenvalue weighted by Gasteiger charge is 2.38. The molecule has 1 aromatic rings. The Balaban J connectivity index is 1.54. The number of rotatable bonds is 3. The van der Waals surface area contributed by atoms with Crippen molar-refractivity contribution in [3.63, 3.8) is 0 Å². The zero-order chi connectivity index (χ0) is 12.4. The Hall–Kier alpha value is -1.71. The smallest absolute Gasteiger partial charge is 0.267 e. The molecule has 2 fully saturated rings. The first-order chi connectivity index (χ1) is 8.83. The summed E-state index contributed by atoms with van der Waals surface area (Å²) in [4.78, 5) is 15.6. The normalized spacial score (nSPS) is 29.9. The Morgan fingerprint density at radius 1 is 1.44 bits per heavy atom. The topological polar surface area (TPSA) is 54.4 Å². The van der Waals surface area contributed by atoms with Crippen molar-refractivity contribution in [1.29, 1.82) is 0 Å². The number of nitrogens with zero attached hydrogens (tertiary/aromatic N) is 2. The molecule has 3 unspecified atom stereocenters. The van der Waals surface area contributed by atoms with E-state index in [9.17, 15) is 4.79 Å². The maximum absolute atomic E-state index is 11.7. The zero-order valence-electron chi connectivity index (χ0n) is 10.2. The van der Waals surface area contributed by atoms with Gasteiger partial charge in [0.2, 0.25) is 0 Å². The van der Waals surface area contributed by atoms with Crippen LogP contribution in [0, 0.1) is 17.8 Å². The predicted octanol–water partition coefficient (Wildman–Crippen LogP) is 2.23. The lowest BCUT2D eigenvalue weighted by atomic mass is 9.90. The van der Waals surface area contributed by atoms with Gasteiger partial charge in [0.1, 0.15) is 0 Å². The van der Waals surface area contributed by atoms with Crippen LogP contribution in [-0.4, -0.2) is 17.1 Å². The van der Waals surface area contributed by atoms with Crippen LogP contribution in [0.15, 0.2) is 29.6 Å². The van der Waals surface area contributed by atoms with Crippen molar-refractivity contribution < 1.29 is 4.79 Å². The molecule has 4 nitrogen and oxygen atoms in total. The molecule has 1 aromatic heterocycles. The van der Waals surface area contributed by atoms with Gasteiger partial charge in [-0.2, -0.15) is 5.10 Å². The summed E-state index contributed by atoms with van der Waals surface area (Å²) in [6.07, 6.45) is 10.4. The Kier molecular flexibility index (Phi) is 3.09. The third-order valence-corrected chi connectivity index (χ3v) is 4.15. The molecule has 94 valence electrons. The highest BCUT2D eigenvalue weighted by atomic mass is 16.2. The van der Waals surface area contributed by atoms with Crippen molar-refractivity contribution in [2.24, 2.45) is 22.9 Å². The second-order valence-electron chi connectivity index (χ2n) is 5.30. The van der Waals surface area contributed by atoms with E-state index in [1.54, 1.807) is 24.5 Å². The molecule has 0 saturated heterocycles. The molecular weight excluding hydrogens is 226 g/mol. The third-order valence-electron chi connectivity index (χ3n) is 4.15. The zero-order valence-corrected chi connectivity index (χ0v) is 10.2. The minimum Gasteiger partial charge on any atom is -0.267 e. The summed E-state index contributed by atoms with van der Waals surface area (Å²) < 4.78 is 0. The Labute approximate surface area is 107 Å². The summed E-state index contributed by atoms with van der Waals surface area (Å²) in [7, 11) is 0. The van der Waals surface area contributed by atoms with Crippen LogP contribution in [0.1, 0.15) is 36.0 Å². The van der Waals surface area contributed by atoms with E-state index in [0.29, 0.717) is 11.5 Å². The average Bonchev–Trinajstić information content (AvgIpc) is 3.02. The molecule has 0 aliphatic heterocycles. The molecule has 3 atom stereocenters. The molecule has 2 aliphatic rings. The maximum Gasteiger partial charge on any atom is 0.272 e. The molecule has 2 bridgehead atoms. The summed E-state index contributed by atoms with van der Waals surface area (Å²) in [5.74, 6) is 2.08. The first-order valence-electron chi connectivity index (χ1n) is 6.56. The van der Waals surface area contributed by atoms with Crippen LogP contribution in [0.3, 0.4) is 0 Å². The van der Waals surface area contributed by atoms with Gasteiger partial charge in [0, 0.05) is 18.6 Å². The van der Waals surface area contributed by atoms with Gasteiger partial charge in [0.25, 0.3) is 5.91 Å². The number of fused-ring (bicyclic) bond motifs is 2. The molecule has 2 saturated carbocycles. The van der Waals surface area contributed by atoms with Crippen LogP contribution in [0.5, 0.6) is 0 Å². The Morgan fingerprint density at radius 3 is 3.06 bits per heavy atom. The lowest BCUT2D eigenvalue weighted by Gasteiger charge is -2.16. The largest absolute Gasteiger partial charge is 0.272 e. The molecule has 18 heavy (non-hydrogen) atoms. The molecule has 0 spiro atoms. The van der Waals surface area contributed by atoms with Crippen molar-refractivity contribution in [2.45, 2.75) is 25.7 Å². The minimum absolute atomic E-state index is 0.192. The van der Waals surface area contributed by atoms with Crippen molar-refractivity contribution >= 4 is 12.1 Å². The van der Waals surface area contributed by atoms with E-state index in [-0.39, 0.29) is 5.91 Å². The minimum atomic E-state index is -0.192. The van der Waals surface area contributed by atoms with Crippen molar-refractivity contribution in [1.82, 2.24) is 10.4 Å². The van der Waals surface area contributed by atoms with Gasteiger partial charge in [0.05, 0.1) is 5.56 Å². The summed E-state index contributed by atoms with van der Waals surface area (Å²) in [5.41, 5.74) is 3.12. The Bertz CT molecular complexity index is 457. The van der Waals surface area contributed by atoms with Crippen LogP contribution in [0.25, 0.3) is 0 Å². The quantitative estimate of drug-likeness (QED) is 0.653. The fourth-order valence-electron chi connectivity index (χ4n) is 3.23. The second kappa shape index (κ2) is 4.88. The molecule has 1 heterocycles. The van der Waals surface area contributed by atoms with Crippen LogP contribution in [0.2, 0.25) is 0 Å². The van der Waals surface area contributed by atoms with E-state index in [4.69, 9.17) is 0 Å². The lowest BCUT2D eigenvalue weighted by Crippen LogP contribution is -2.20. The van der Waals surface area contributed by atoms with Gasteiger partial charge in [-0.05, 0) is 49.1 Å². The van der Waals surface area contributed by atoms with E-state index in [0.717, 1.165) is 11.8 Å². The van der Waals surface area contributed by atoms with Crippen LogP contribution >= 0.6 is 0 Å². The molecule has 0 aromatic carbocycles. The van der Waals surface area contributed by atoms with Gasteiger partial charge >= 0.3 is 0 Å². The lowest BCUT2D eigenvalue weighted by molar-refractivity contribution is 0.0954. The number of amides is 1. The van der Waals surface area contributed by atoms with Crippen molar-refractivity contribution in [3.8, 4) is 0 Å². The summed E-state index contributed by atoms with van der Waals surface area (Å²) in [5, 5.41) is 4.10. The highest BCUT2D eigenvalue weighted by Crippen LogP contribution is 2.47. The first kappa shape index (κ1) is 11.4. The SMILES string of the molecule is O=C(N/N=C/C1CC2CCC1C2)c1cccnc1. The van der Waals surface area contributed by atoms with E-state index in [1.807, 2.05) is 6.21 Å². The van der Waals surface area contributed by atoms with Crippen molar-refractivity contribution in [3.05, 3.63) is 30.1 Å². The predicted molar refractivity (Wildman–Crippen MR) is 69.1 cm³/mol. The van der Waals surface area contributed by atoms with E-state index < -0.39 is 0 Å². The number of hydrazone groups is 1. The number of carbonyl (C=O) groups is 1.